The summed E-state index contributed by atoms with van der Waals surface area (Å²) in [5.74, 6) is -1.65. The Morgan fingerprint density at radius 3 is 2.38 bits per heavy atom. The molecule has 8 heteroatoms. The summed E-state index contributed by atoms with van der Waals surface area (Å²) in [6, 6.07) is 19.4. The van der Waals surface area contributed by atoms with Crippen LogP contribution in [-0.2, 0) is 4.79 Å². The SMILES string of the molecule is COc1cc(Cl)cc2cc(C(=O)C3=C(O)C(=O)N(c4ccccc4)C3c3ccc(Cl)cc3)oc12. The lowest BCUT2D eigenvalue weighted by Crippen LogP contribution is -2.30. The summed E-state index contributed by atoms with van der Waals surface area (Å²) in [6.07, 6.45) is 0. The van der Waals surface area contributed by atoms with Crippen LogP contribution in [0.1, 0.15) is 22.2 Å². The molecule has 0 saturated heterocycles. The fourth-order valence-corrected chi connectivity index (χ4v) is 4.48. The van der Waals surface area contributed by atoms with Crippen LogP contribution in [0.25, 0.3) is 11.0 Å². The van der Waals surface area contributed by atoms with Gasteiger partial charge in [-0.15, -0.1) is 0 Å². The molecule has 1 amide bonds. The number of amides is 1. The number of hydrogen-bond acceptors (Lipinski definition) is 5. The summed E-state index contributed by atoms with van der Waals surface area (Å²) in [5.41, 5.74) is 1.37. The Kier molecular flexibility index (Phi) is 5.55. The van der Waals surface area contributed by atoms with Gasteiger partial charge in [0.25, 0.3) is 5.91 Å². The Morgan fingerprint density at radius 2 is 1.71 bits per heavy atom. The number of aliphatic hydroxyl groups excluding tert-OH is 1. The van der Waals surface area contributed by atoms with Crippen molar-refractivity contribution < 1.29 is 23.8 Å². The quantitative estimate of drug-likeness (QED) is 0.319. The van der Waals surface area contributed by atoms with Gasteiger partial charge in [-0.05, 0) is 42.0 Å². The minimum atomic E-state index is -0.890. The number of aliphatic hydroxyl groups is 1. The van der Waals surface area contributed by atoms with Gasteiger partial charge in [-0.25, -0.2) is 0 Å². The maximum atomic E-state index is 13.7. The summed E-state index contributed by atoms with van der Waals surface area (Å²) in [7, 11) is 1.47. The Hall–Kier alpha value is -3.74. The fourth-order valence-electron chi connectivity index (χ4n) is 4.13. The van der Waals surface area contributed by atoms with E-state index in [4.69, 9.17) is 32.4 Å². The second-order valence-electron chi connectivity index (χ2n) is 7.69. The number of carbonyl (C=O) groups is 2. The molecule has 1 unspecified atom stereocenters. The van der Waals surface area contributed by atoms with Crippen molar-refractivity contribution in [3.05, 3.63) is 105 Å². The van der Waals surface area contributed by atoms with Gasteiger partial charge in [-0.3, -0.25) is 14.5 Å². The molecular formula is C26H17Cl2NO5. The van der Waals surface area contributed by atoms with Crippen molar-refractivity contribution in [1.29, 1.82) is 0 Å². The molecule has 1 aliphatic heterocycles. The molecule has 6 nitrogen and oxygen atoms in total. The number of furan rings is 1. The van der Waals surface area contributed by atoms with Crippen molar-refractivity contribution >= 4 is 51.5 Å². The van der Waals surface area contributed by atoms with E-state index < -0.39 is 23.5 Å². The van der Waals surface area contributed by atoms with Crippen LogP contribution in [0.5, 0.6) is 5.75 Å². The minimum Gasteiger partial charge on any atom is -0.503 e. The van der Waals surface area contributed by atoms with Crippen LogP contribution >= 0.6 is 23.2 Å². The van der Waals surface area contributed by atoms with Gasteiger partial charge in [0, 0.05) is 27.2 Å². The Labute approximate surface area is 204 Å². The number of hydrogen-bond donors (Lipinski definition) is 1. The largest absolute Gasteiger partial charge is 0.503 e. The first-order chi connectivity index (χ1) is 16.4. The second-order valence-corrected chi connectivity index (χ2v) is 8.57. The number of fused-ring (bicyclic) bond motifs is 1. The zero-order valence-electron chi connectivity index (χ0n) is 17.8. The lowest BCUT2D eigenvalue weighted by atomic mass is 9.94. The van der Waals surface area contributed by atoms with Crippen LogP contribution in [0.15, 0.2) is 88.5 Å². The van der Waals surface area contributed by atoms with Gasteiger partial charge in [0.05, 0.1) is 18.7 Å². The lowest BCUT2D eigenvalue weighted by Gasteiger charge is -2.26. The summed E-state index contributed by atoms with van der Waals surface area (Å²) in [6.45, 7) is 0. The van der Waals surface area contributed by atoms with Crippen molar-refractivity contribution in [3.63, 3.8) is 0 Å². The van der Waals surface area contributed by atoms with Gasteiger partial charge in [0.1, 0.15) is 0 Å². The first-order valence-corrected chi connectivity index (χ1v) is 11.0. The van der Waals surface area contributed by atoms with Gasteiger partial charge >= 0.3 is 0 Å². The van der Waals surface area contributed by atoms with E-state index in [1.165, 1.54) is 18.1 Å². The molecule has 0 fully saturated rings. The standard InChI is InChI=1S/C26H17Cl2NO5/c1-33-20-13-17(28)11-15-12-19(34-25(15)20)23(30)21-22(14-7-9-16(27)10-8-14)29(26(32)24(21)31)18-5-3-2-4-6-18/h2-13,22,31H,1H3. The van der Waals surface area contributed by atoms with E-state index in [0.717, 1.165) is 0 Å². The Morgan fingerprint density at radius 1 is 1.00 bits per heavy atom. The highest BCUT2D eigenvalue weighted by Gasteiger charge is 2.45. The second kappa shape index (κ2) is 8.56. The molecule has 3 aromatic carbocycles. The number of ether oxygens (including phenoxy) is 1. The van der Waals surface area contributed by atoms with Crippen LogP contribution in [0, 0.1) is 0 Å². The molecule has 0 radical (unpaired) electrons. The van der Waals surface area contributed by atoms with E-state index in [0.29, 0.717) is 38.0 Å². The molecule has 0 bridgehead atoms. The van der Waals surface area contributed by atoms with Crippen molar-refractivity contribution in [2.24, 2.45) is 0 Å². The van der Waals surface area contributed by atoms with E-state index in [-0.39, 0.29) is 11.3 Å². The normalized spacial score (nSPS) is 15.9. The van der Waals surface area contributed by atoms with Crippen LogP contribution in [0.2, 0.25) is 10.0 Å². The van der Waals surface area contributed by atoms with E-state index in [2.05, 4.69) is 0 Å². The number of methoxy groups -OCH3 is 1. The minimum absolute atomic E-state index is 0.0567. The molecule has 1 atom stereocenters. The molecular weight excluding hydrogens is 477 g/mol. The summed E-state index contributed by atoms with van der Waals surface area (Å²) in [4.78, 5) is 28.3. The predicted molar refractivity (Wildman–Crippen MR) is 130 cm³/mol. The number of benzene rings is 3. The van der Waals surface area contributed by atoms with Crippen LogP contribution < -0.4 is 9.64 Å². The number of halogens is 2. The third kappa shape index (κ3) is 3.61. The van der Waals surface area contributed by atoms with E-state index in [1.54, 1.807) is 60.7 Å². The monoisotopic (exact) mass is 493 g/mol. The van der Waals surface area contributed by atoms with E-state index in [1.807, 2.05) is 6.07 Å². The molecule has 1 N–H and O–H groups in total. The number of para-hydroxylation sites is 1. The number of ketones is 1. The Bertz CT molecular complexity index is 1460. The lowest BCUT2D eigenvalue weighted by molar-refractivity contribution is -0.117. The van der Waals surface area contributed by atoms with Gasteiger partial charge in [-0.1, -0.05) is 53.5 Å². The topological polar surface area (TPSA) is 80.0 Å². The Balaban J connectivity index is 1.66. The van der Waals surface area contributed by atoms with Gasteiger partial charge in [-0.2, -0.15) is 0 Å². The summed E-state index contributed by atoms with van der Waals surface area (Å²) < 4.78 is 11.1. The molecule has 170 valence electrons. The van der Waals surface area contributed by atoms with Crippen LogP contribution in [0.3, 0.4) is 0 Å². The third-order valence-corrected chi connectivity index (χ3v) is 6.13. The average Bonchev–Trinajstić information content (AvgIpc) is 3.38. The molecule has 5 rings (SSSR count). The third-order valence-electron chi connectivity index (χ3n) is 5.66. The van der Waals surface area contributed by atoms with Crippen molar-refractivity contribution in [2.45, 2.75) is 6.04 Å². The van der Waals surface area contributed by atoms with Gasteiger partial charge in [0.15, 0.2) is 22.9 Å². The smallest absolute Gasteiger partial charge is 0.294 e. The average molecular weight is 494 g/mol. The number of Topliss-reactive ketones (excluding diaryl/α,β-unsaturated/α-hetero) is 1. The summed E-state index contributed by atoms with van der Waals surface area (Å²) >= 11 is 12.2. The first-order valence-electron chi connectivity index (χ1n) is 10.3. The number of nitrogens with zero attached hydrogens (tertiary/aromatic N) is 1. The van der Waals surface area contributed by atoms with Gasteiger partial charge in [0.2, 0.25) is 5.78 Å². The number of carbonyl (C=O) groups excluding carboxylic acids is 2. The fraction of sp³-hybridized carbons (Fsp3) is 0.0769. The molecule has 0 aliphatic carbocycles. The van der Waals surface area contributed by atoms with Crippen molar-refractivity contribution in [3.8, 4) is 5.75 Å². The van der Waals surface area contributed by atoms with Crippen LogP contribution in [-0.4, -0.2) is 23.9 Å². The summed E-state index contributed by atoms with van der Waals surface area (Å²) in [5, 5.41) is 12.4. The highest BCUT2D eigenvalue weighted by Crippen LogP contribution is 2.43. The first kappa shape index (κ1) is 22.1. The molecule has 1 aliphatic rings. The van der Waals surface area contributed by atoms with Crippen molar-refractivity contribution in [1.82, 2.24) is 0 Å². The van der Waals surface area contributed by atoms with Gasteiger partial charge < -0.3 is 14.3 Å². The molecule has 4 aromatic rings. The maximum Gasteiger partial charge on any atom is 0.294 e. The number of anilines is 1. The maximum absolute atomic E-state index is 13.7. The van der Waals surface area contributed by atoms with Crippen LogP contribution in [0.4, 0.5) is 5.69 Å². The molecule has 34 heavy (non-hydrogen) atoms. The highest BCUT2D eigenvalue weighted by atomic mass is 35.5. The number of rotatable bonds is 5. The molecule has 2 heterocycles. The van der Waals surface area contributed by atoms with E-state index in [9.17, 15) is 14.7 Å². The molecule has 0 spiro atoms. The molecule has 1 aromatic heterocycles. The highest BCUT2D eigenvalue weighted by molar-refractivity contribution is 6.31. The van der Waals surface area contributed by atoms with E-state index >= 15 is 0 Å². The predicted octanol–water partition coefficient (Wildman–Crippen LogP) is 6.53. The zero-order chi connectivity index (χ0) is 24.0. The zero-order valence-corrected chi connectivity index (χ0v) is 19.3. The van der Waals surface area contributed by atoms with Crippen molar-refractivity contribution in [2.75, 3.05) is 12.0 Å². The molecule has 0 saturated carbocycles.